The van der Waals surface area contributed by atoms with Gasteiger partial charge < -0.3 is 20.1 Å². The number of hydrogen-bond donors (Lipinski definition) is 2. The van der Waals surface area contributed by atoms with Crippen LogP contribution < -0.4 is 5.73 Å². The Morgan fingerprint density at radius 3 is 1.34 bits per heavy atom. The quantitative estimate of drug-likeness (QED) is 0.0269. The van der Waals surface area contributed by atoms with E-state index in [0.29, 0.717) is 13.0 Å². The first-order valence-corrected chi connectivity index (χ1v) is 26.3. The Morgan fingerprint density at radius 1 is 0.517 bits per heavy atom. The Hall–Kier alpha value is -1.02. The van der Waals surface area contributed by atoms with E-state index in [4.69, 9.17) is 24.3 Å². The molecule has 3 N–H and O–H groups in total. The third kappa shape index (κ3) is 46.1. The minimum Gasteiger partial charge on any atom is -0.457 e. The van der Waals surface area contributed by atoms with E-state index >= 15 is 0 Å². The molecule has 9 heteroatoms. The number of carbonyl (C=O) groups is 1. The van der Waals surface area contributed by atoms with Gasteiger partial charge in [-0.15, -0.1) is 0 Å². The molecule has 344 valence electrons. The van der Waals surface area contributed by atoms with Crippen molar-refractivity contribution in [1.29, 1.82) is 0 Å². The predicted octanol–water partition coefficient (Wildman–Crippen LogP) is 15.2. The molecule has 0 spiro atoms. The fourth-order valence-corrected chi connectivity index (χ4v) is 7.97. The topological polar surface area (TPSA) is 117 Å². The van der Waals surface area contributed by atoms with E-state index in [1.165, 1.54) is 186 Å². The van der Waals surface area contributed by atoms with Gasteiger partial charge in [0, 0.05) is 19.6 Å². The number of carbonyl (C=O) groups excluding carboxylic acids is 1. The number of nitrogens with two attached hydrogens (primary N) is 1. The van der Waals surface area contributed by atoms with Gasteiger partial charge in [-0.05, 0) is 44.9 Å². The molecule has 58 heavy (non-hydrogen) atoms. The van der Waals surface area contributed by atoms with Gasteiger partial charge >= 0.3 is 13.8 Å². The Balaban J connectivity index is 3.92. The number of phosphoric acid groups is 1. The molecule has 0 aliphatic heterocycles. The van der Waals surface area contributed by atoms with Crippen LogP contribution in [0.2, 0.25) is 0 Å². The van der Waals surface area contributed by atoms with Gasteiger partial charge in [0.25, 0.3) is 0 Å². The van der Waals surface area contributed by atoms with Crippen molar-refractivity contribution in [2.24, 2.45) is 5.73 Å². The lowest BCUT2D eigenvalue weighted by Crippen LogP contribution is -2.28. The minimum absolute atomic E-state index is 0.0933. The second-order valence-electron chi connectivity index (χ2n) is 16.7. The highest BCUT2D eigenvalue weighted by atomic mass is 31.2. The van der Waals surface area contributed by atoms with E-state index in [9.17, 15) is 14.3 Å². The lowest BCUT2D eigenvalue weighted by atomic mass is 10.0. The van der Waals surface area contributed by atoms with Crippen molar-refractivity contribution >= 4 is 13.8 Å². The molecule has 0 aliphatic rings. The smallest absolute Gasteiger partial charge is 0.457 e. The maximum absolute atomic E-state index is 12.6. The summed E-state index contributed by atoms with van der Waals surface area (Å²) in [5, 5.41) is 0. The summed E-state index contributed by atoms with van der Waals surface area (Å²) < 4.78 is 33.6. The molecule has 0 fully saturated rings. The third-order valence-electron chi connectivity index (χ3n) is 10.9. The fraction of sp³-hybridized carbons (Fsp3) is 0.898. The van der Waals surface area contributed by atoms with Crippen molar-refractivity contribution in [2.45, 2.75) is 251 Å². The molecule has 0 aromatic carbocycles. The van der Waals surface area contributed by atoms with Crippen molar-refractivity contribution in [2.75, 3.05) is 33.0 Å². The fourth-order valence-electron chi connectivity index (χ4n) is 7.21. The Kier molecular flexibility index (Phi) is 46.2. The predicted molar refractivity (Wildman–Crippen MR) is 247 cm³/mol. The van der Waals surface area contributed by atoms with E-state index in [-0.39, 0.29) is 32.3 Å². The lowest BCUT2D eigenvalue weighted by Gasteiger charge is -2.20. The van der Waals surface area contributed by atoms with Gasteiger partial charge in [-0.3, -0.25) is 13.8 Å². The number of allylic oxidation sites excluding steroid dienone is 4. The van der Waals surface area contributed by atoms with E-state index in [0.717, 1.165) is 38.5 Å². The van der Waals surface area contributed by atoms with Gasteiger partial charge in [-0.1, -0.05) is 218 Å². The van der Waals surface area contributed by atoms with Crippen molar-refractivity contribution in [3.8, 4) is 0 Å². The van der Waals surface area contributed by atoms with Crippen LogP contribution in [0.1, 0.15) is 245 Å². The third-order valence-corrected chi connectivity index (χ3v) is 11.9. The van der Waals surface area contributed by atoms with Gasteiger partial charge in [0.05, 0.1) is 19.8 Å². The zero-order valence-corrected chi connectivity index (χ0v) is 39.2. The molecule has 0 amide bonds. The van der Waals surface area contributed by atoms with E-state index in [1.807, 2.05) is 0 Å². The second-order valence-corrected chi connectivity index (χ2v) is 18.1. The summed E-state index contributed by atoms with van der Waals surface area (Å²) in [6, 6.07) is 0. The highest BCUT2D eigenvalue weighted by Crippen LogP contribution is 2.43. The number of esters is 1. The number of unbranched alkanes of at least 4 members (excludes halogenated alkanes) is 31. The average molecular weight is 842 g/mol. The highest BCUT2D eigenvalue weighted by molar-refractivity contribution is 7.47. The van der Waals surface area contributed by atoms with E-state index < -0.39 is 13.9 Å². The Labute approximate surface area is 359 Å². The lowest BCUT2D eigenvalue weighted by molar-refractivity contribution is -0.154. The second kappa shape index (κ2) is 47.0. The first kappa shape index (κ1) is 57.0. The number of phosphoric ester groups is 1. The van der Waals surface area contributed by atoms with Crippen LogP contribution >= 0.6 is 7.82 Å². The summed E-state index contributed by atoms with van der Waals surface area (Å²) in [5.41, 5.74) is 5.38. The molecule has 0 saturated heterocycles. The Bertz CT molecular complexity index is 946. The van der Waals surface area contributed by atoms with E-state index in [2.05, 4.69) is 38.2 Å². The van der Waals surface area contributed by atoms with Crippen molar-refractivity contribution in [3.05, 3.63) is 24.3 Å². The molecule has 8 nitrogen and oxygen atoms in total. The average Bonchev–Trinajstić information content (AvgIpc) is 3.21. The molecule has 0 bridgehead atoms. The molecule has 0 aromatic rings. The normalized spacial score (nSPS) is 13.5. The maximum Gasteiger partial charge on any atom is 0.472 e. The first-order valence-electron chi connectivity index (χ1n) is 24.8. The van der Waals surface area contributed by atoms with Crippen molar-refractivity contribution < 1.29 is 32.8 Å². The van der Waals surface area contributed by atoms with Crippen LogP contribution in [-0.4, -0.2) is 49.9 Å². The molecule has 0 aromatic heterocycles. The van der Waals surface area contributed by atoms with Crippen molar-refractivity contribution in [3.63, 3.8) is 0 Å². The van der Waals surface area contributed by atoms with Crippen LogP contribution in [-0.2, 0) is 27.9 Å². The number of rotatable bonds is 48. The van der Waals surface area contributed by atoms with Gasteiger partial charge in [0.15, 0.2) is 0 Å². The van der Waals surface area contributed by atoms with Crippen LogP contribution in [0.25, 0.3) is 0 Å². The molecule has 0 radical (unpaired) electrons. The summed E-state index contributed by atoms with van der Waals surface area (Å²) in [7, 11) is -4.28. The zero-order valence-electron chi connectivity index (χ0n) is 38.3. The van der Waals surface area contributed by atoms with Crippen LogP contribution in [0.15, 0.2) is 24.3 Å². The zero-order chi connectivity index (χ0) is 42.3. The number of hydrogen-bond acceptors (Lipinski definition) is 7. The van der Waals surface area contributed by atoms with Gasteiger partial charge in [-0.25, -0.2) is 4.57 Å². The summed E-state index contributed by atoms with van der Waals surface area (Å²) in [5.74, 6) is -0.328. The molecule has 0 rings (SSSR count). The first-order chi connectivity index (χ1) is 28.4. The molecular formula is C49H96NO7P. The van der Waals surface area contributed by atoms with Gasteiger partial charge in [0.1, 0.15) is 6.10 Å². The number of ether oxygens (including phenoxy) is 2. The van der Waals surface area contributed by atoms with Crippen LogP contribution in [0.4, 0.5) is 0 Å². The highest BCUT2D eigenvalue weighted by Gasteiger charge is 2.25. The standard InChI is InChI=1S/C49H96NO7P/c1-3-5-7-9-11-13-15-17-19-21-22-23-24-25-26-27-28-30-32-34-36-38-40-42-49(51)57-48(47-56-58(52,53)55-45-43-50)46-54-44-41-39-37-35-33-31-29-20-18-16-14-12-10-8-6-4-2/h15,17,21-22,48H,3-14,16,18-20,23-47,50H2,1-2H3,(H,52,53)/b17-15-,22-21-. The summed E-state index contributed by atoms with van der Waals surface area (Å²) >= 11 is 0. The van der Waals surface area contributed by atoms with Crippen molar-refractivity contribution in [1.82, 2.24) is 0 Å². The minimum atomic E-state index is -4.28. The summed E-state index contributed by atoms with van der Waals surface area (Å²) in [6.07, 6.45) is 53.4. The van der Waals surface area contributed by atoms with Gasteiger partial charge in [-0.2, -0.15) is 0 Å². The van der Waals surface area contributed by atoms with Crippen LogP contribution in [0.3, 0.4) is 0 Å². The molecule has 0 saturated carbocycles. The molecule has 0 heterocycles. The van der Waals surface area contributed by atoms with Crippen LogP contribution in [0.5, 0.6) is 0 Å². The SMILES string of the molecule is CCCCCCC/C=C\C/C=C\CCCCCCCCCCCCCC(=O)OC(COCCCCCCCCCCCCCCCCCC)COP(=O)(O)OCCN. The summed E-state index contributed by atoms with van der Waals surface area (Å²) in [4.78, 5) is 22.6. The maximum atomic E-state index is 12.6. The molecule has 0 aliphatic carbocycles. The van der Waals surface area contributed by atoms with Gasteiger partial charge in [0.2, 0.25) is 0 Å². The van der Waals surface area contributed by atoms with Crippen LogP contribution in [0, 0.1) is 0 Å². The largest absolute Gasteiger partial charge is 0.472 e. The molecular weight excluding hydrogens is 746 g/mol. The molecule has 2 atom stereocenters. The Morgan fingerprint density at radius 2 is 0.914 bits per heavy atom. The summed E-state index contributed by atoms with van der Waals surface area (Å²) in [6.45, 7) is 4.96. The molecule has 2 unspecified atom stereocenters. The van der Waals surface area contributed by atoms with E-state index in [1.54, 1.807) is 0 Å². The monoisotopic (exact) mass is 842 g/mol.